The highest BCUT2D eigenvalue weighted by molar-refractivity contribution is 5.66. The number of hydrogen-bond donors (Lipinski definition) is 3. The molecule has 12 heavy (non-hydrogen) atoms. The predicted molar refractivity (Wildman–Crippen MR) is 50.7 cm³/mol. The molecule has 64 valence electrons. The summed E-state index contributed by atoms with van der Waals surface area (Å²) in [4.78, 5) is 0. The molecule has 5 N–H and O–H groups in total. The van der Waals surface area contributed by atoms with Crippen LogP contribution in [0.3, 0.4) is 0 Å². The third-order valence-corrected chi connectivity index (χ3v) is 2.29. The SMILES string of the molecule is Nc1cc2c(cc1N)CNCC2. The van der Waals surface area contributed by atoms with Crippen molar-refractivity contribution < 1.29 is 0 Å². The van der Waals surface area contributed by atoms with Crippen molar-refractivity contribution in [3.05, 3.63) is 23.3 Å². The summed E-state index contributed by atoms with van der Waals surface area (Å²) in [6, 6.07) is 3.96. The van der Waals surface area contributed by atoms with Gasteiger partial charge < -0.3 is 16.8 Å². The van der Waals surface area contributed by atoms with Gasteiger partial charge in [0.05, 0.1) is 11.4 Å². The highest BCUT2D eigenvalue weighted by Gasteiger charge is 2.09. The second-order valence-corrected chi connectivity index (χ2v) is 3.18. The molecule has 2 rings (SSSR count). The fraction of sp³-hybridized carbons (Fsp3) is 0.333. The van der Waals surface area contributed by atoms with E-state index in [0.717, 1.165) is 19.5 Å². The molecule has 0 fully saturated rings. The van der Waals surface area contributed by atoms with E-state index in [1.54, 1.807) is 0 Å². The number of fused-ring (bicyclic) bond motifs is 1. The Morgan fingerprint density at radius 3 is 2.50 bits per heavy atom. The van der Waals surface area contributed by atoms with Crippen LogP contribution in [0.5, 0.6) is 0 Å². The minimum absolute atomic E-state index is 0.692. The van der Waals surface area contributed by atoms with Gasteiger partial charge in [-0.25, -0.2) is 0 Å². The van der Waals surface area contributed by atoms with Crippen LogP contribution in [0.1, 0.15) is 11.1 Å². The first-order chi connectivity index (χ1) is 5.77. The van der Waals surface area contributed by atoms with Crippen LogP contribution in [-0.2, 0) is 13.0 Å². The van der Waals surface area contributed by atoms with E-state index in [2.05, 4.69) is 5.32 Å². The van der Waals surface area contributed by atoms with E-state index in [4.69, 9.17) is 11.5 Å². The molecule has 0 radical (unpaired) electrons. The second-order valence-electron chi connectivity index (χ2n) is 3.18. The van der Waals surface area contributed by atoms with Crippen LogP contribution in [-0.4, -0.2) is 6.54 Å². The zero-order valence-corrected chi connectivity index (χ0v) is 6.93. The van der Waals surface area contributed by atoms with Gasteiger partial charge in [-0.15, -0.1) is 0 Å². The van der Waals surface area contributed by atoms with Crippen LogP contribution < -0.4 is 16.8 Å². The molecular weight excluding hydrogens is 150 g/mol. The molecule has 0 aliphatic carbocycles. The first-order valence-corrected chi connectivity index (χ1v) is 4.15. The molecule has 0 saturated heterocycles. The Morgan fingerprint density at radius 2 is 1.75 bits per heavy atom. The summed E-state index contributed by atoms with van der Waals surface area (Å²) in [5, 5.41) is 3.29. The summed E-state index contributed by atoms with van der Waals surface area (Å²) in [5.74, 6) is 0. The minimum Gasteiger partial charge on any atom is -0.397 e. The van der Waals surface area contributed by atoms with Crippen molar-refractivity contribution in [3.8, 4) is 0 Å². The van der Waals surface area contributed by atoms with Gasteiger partial charge in [0.1, 0.15) is 0 Å². The van der Waals surface area contributed by atoms with Crippen molar-refractivity contribution in [2.75, 3.05) is 18.0 Å². The molecule has 0 spiro atoms. The van der Waals surface area contributed by atoms with Crippen molar-refractivity contribution in [2.45, 2.75) is 13.0 Å². The number of nitrogens with one attached hydrogen (secondary N) is 1. The average molecular weight is 163 g/mol. The summed E-state index contributed by atoms with van der Waals surface area (Å²) < 4.78 is 0. The van der Waals surface area contributed by atoms with Gasteiger partial charge in [-0.3, -0.25) is 0 Å². The normalized spacial score (nSPS) is 15.7. The van der Waals surface area contributed by atoms with Crippen LogP contribution in [0.25, 0.3) is 0 Å². The van der Waals surface area contributed by atoms with Crippen LogP contribution in [0.2, 0.25) is 0 Å². The second kappa shape index (κ2) is 2.68. The van der Waals surface area contributed by atoms with Gasteiger partial charge in [-0.1, -0.05) is 0 Å². The molecule has 0 unspecified atom stereocenters. The monoisotopic (exact) mass is 163 g/mol. The maximum atomic E-state index is 5.70. The molecule has 1 aliphatic rings. The lowest BCUT2D eigenvalue weighted by Gasteiger charge is -2.18. The van der Waals surface area contributed by atoms with Crippen LogP contribution in [0.15, 0.2) is 12.1 Å². The van der Waals surface area contributed by atoms with Crippen LogP contribution >= 0.6 is 0 Å². The van der Waals surface area contributed by atoms with Crippen molar-refractivity contribution in [2.24, 2.45) is 0 Å². The van der Waals surface area contributed by atoms with Crippen molar-refractivity contribution >= 4 is 11.4 Å². The summed E-state index contributed by atoms with van der Waals surface area (Å²) >= 11 is 0. The zero-order valence-electron chi connectivity index (χ0n) is 6.93. The summed E-state index contributed by atoms with van der Waals surface area (Å²) in [7, 11) is 0. The fourth-order valence-corrected chi connectivity index (χ4v) is 1.57. The quantitative estimate of drug-likeness (QED) is 0.488. The smallest absolute Gasteiger partial charge is 0.0551 e. The van der Waals surface area contributed by atoms with E-state index in [-0.39, 0.29) is 0 Å². The average Bonchev–Trinajstić information content (AvgIpc) is 2.07. The van der Waals surface area contributed by atoms with Gasteiger partial charge in [0.2, 0.25) is 0 Å². The minimum atomic E-state index is 0.692. The Bertz CT molecular complexity index is 276. The fourth-order valence-electron chi connectivity index (χ4n) is 1.57. The first-order valence-electron chi connectivity index (χ1n) is 4.15. The molecule has 0 saturated carbocycles. The van der Waals surface area contributed by atoms with Gasteiger partial charge >= 0.3 is 0 Å². The van der Waals surface area contributed by atoms with Crippen LogP contribution in [0, 0.1) is 0 Å². The van der Waals surface area contributed by atoms with Crippen LogP contribution in [0.4, 0.5) is 11.4 Å². The molecule has 1 aliphatic heterocycles. The Morgan fingerprint density at radius 1 is 1.08 bits per heavy atom. The van der Waals surface area contributed by atoms with Gasteiger partial charge in [0.25, 0.3) is 0 Å². The number of benzene rings is 1. The van der Waals surface area contributed by atoms with E-state index in [1.165, 1.54) is 11.1 Å². The van der Waals surface area contributed by atoms with E-state index in [9.17, 15) is 0 Å². The topological polar surface area (TPSA) is 64.1 Å². The molecule has 0 aromatic heterocycles. The Kier molecular flexibility index (Phi) is 1.66. The summed E-state index contributed by atoms with van der Waals surface area (Å²) in [5.41, 5.74) is 15.4. The number of nitrogen functional groups attached to an aromatic ring is 2. The van der Waals surface area contributed by atoms with Gasteiger partial charge in [-0.2, -0.15) is 0 Å². The van der Waals surface area contributed by atoms with E-state index in [0.29, 0.717) is 11.4 Å². The van der Waals surface area contributed by atoms with Crippen molar-refractivity contribution in [1.82, 2.24) is 5.32 Å². The number of nitrogens with two attached hydrogens (primary N) is 2. The standard InChI is InChI=1S/C9H13N3/c10-8-3-6-1-2-12-5-7(6)4-9(8)11/h3-4,12H,1-2,5,10-11H2. The Labute approximate surface area is 71.8 Å². The molecule has 1 heterocycles. The molecule has 1 aromatic carbocycles. The number of anilines is 2. The molecule has 0 atom stereocenters. The zero-order chi connectivity index (χ0) is 8.55. The lowest BCUT2D eigenvalue weighted by atomic mass is 9.99. The lowest BCUT2D eigenvalue weighted by molar-refractivity contribution is 0.644. The molecule has 3 heteroatoms. The third-order valence-electron chi connectivity index (χ3n) is 2.29. The lowest BCUT2D eigenvalue weighted by Crippen LogP contribution is -2.23. The maximum Gasteiger partial charge on any atom is 0.0551 e. The number of hydrogen-bond acceptors (Lipinski definition) is 3. The highest BCUT2D eigenvalue weighted by atomic mass is 14.9. The molecule has 0 amide bonds. The molecule has 0 bridgehead atoms. The van der Waals surface area contributed by atoms with E-state index < -0.39 is 0 Å². The largest absolute Gasteiger partial charge is 0.397 e. The first kappa shape index (κ1) is 7.43. The number of rotatable bonds is 0. The Hall–Kier alpha value is -1.22. The molecular formula is C9H13N3. The maximum absolute atomic E-state index is 5.70. The Balaban J connectivity index is 2.49. The molecule has 3 nitrogen and oxygen atoms in total. The molecule has 1 aromatic rings. The van der Waals surface area contributed by atoms with Gasteiger partial charge in [0.15, 0.2) is 0 Å². The van der Waals surface area contributed by atoms with Crippen molar-refractivity contribution in [3.63, 3.8) is 0 Å². The highest BCUT2D eigenvalue weighted by Crippen LogP contribution is 2.22. The third kappa shape index (κ3) is 1.12. The van der Waals surface area contributed by atoms with E-state index in [1.807, 2.05) is 12.1 Å². The van der Waals surface area contributed by atoms with E-state index >= 15 is 0 Å². The summed E-state index contributed by atoms with van der Waals surface area (Å²) in [6.45, 7) is 1.95. The summed E-state index contributed by atoms with van der Waals surface area (Å²) in [6.07, 6.45) is 1.06. The predicted octanol–water partition coefficient (Wildman–Crippen LogP) is 0.497. The van der Waals surface area contributed by atoms with Gasteiger partial charge in [-0.05, 0) is 36.2 Å². The van der Waals surface area contributed by atoms with Gasteiger partial charge in [0, 0.05) is 6.54 Å². The van der Waals surface area contributed by atoms with Crippen molar-refractivity contribution in [1.29, 1.82) is 0 Å².